The third-order valence-electron chi connectivity index (χ3n) is 3.63. The predicted molar refractivity (Wildman–Crippen MR) is 88.1 cm³/mol. The van der Waals surface area contributed by atoms with Gasteiger partial charge in [0.2, 0.25) is 0 Å². The molecule has 5 nitrogen and oxygen atoms in total. The van der Waals surface area contributed by atoms with Crippen LogP contribution in [0.4, 0.5) is 0 Å². The van der Waals surface area contributed by atoms with E-state index in [1.807, 2.05) is 37.3 Å². The number of oxime groups is 1. The van der Waals surface area contributed by atoms with Crippen molar-refractivity contribution < 1.29 is 19.1 Å². The van der Waals surface area contributed by atoms with Crippen LogP contribution in [0.1, 0.15) is 24.5 Å². The molecule has 23 heavy (non-hydrogen) atoms. The van der Waals surface area contributed by atoms with Crippen LogP contribution in [0.2, 0.25) is 0 Å². The monoisotopic (exact) mass is 315 g/mol. The summed E-state index contributed by atoms with van der Waals surface area (Å²) in [5.41, 5.74) is 2.82. The van der Waals surface area contributed by atoms with Crippen LogP contribution in [-0.4, -0.2) is 32.0 Å². The normalized spacial score (nSPS) is 17.6. The summed E-state index contributed by atoms with van der Waals surface area (Å²) in [7, 11) is 2.71. The second kappa shape index (κ2) is 8.29. The van der Waals surface area contributed by atoms with Gasteiger partial charge in [-0.1, -0.05) is 47.6 Å². The first-order valence-electron chi connectivity index (χ1n) is 7.40. The van der Waals surface area contributed by atoms with Gasteiger partial charge in [-0.25, -0.2) is 4.79 Å². The van der Waals surface area contributed by atoms with Gasteiger partial charge in [0, 0.05) is 5.56 Å². The first-order chi connectivity index (χ1) is 11.2. The molecule has 1 unspecified atom stereocenters. The van der Waals surface area contributed by atoms with E-state index in [1.54, 1.807) is 6.07 Å². The van der Waals surface area contributed by atoms with Gasteiger partial charge in [0.1, 0.15) is 7.11 Å². The average molecular weight is 315 g/mol. The fourth-order valence-corrected chi connectivity index (χ4v) is 2.37. The molecule has 0 heterocycles. The van der Waals surface area contributed by atoms with E-state index < -0.39 is 5.97 Å². The van der Waals surface area contributed by atoms with E-state index in [9.17, 15) is 4.79 Å². The number of carbonyl (C=O) groups excluding carboxylic acids is 1. The quantitative estimate of drug-likeness (QED) is 0.460. The molecule has 0 bridgehead atoms. The molecule has 122 valence electrons. The maximum absolute atomic E-state index is 11.9. The molecule has 0 amide bonds. The summed E-state index contributed by atoms with van der Waals surface area (Å²) in [5, 5.41) is 3.80. The molecule has 2 rings (SSSR count). The Balaban J connectivity index is 2.20. The lowest BCUT2D eigenvalue weighted by molar-refractivity contribution is -0.132. The van der Waals surface area contributed by atoms with Crippen molar-refractivity contribution in [3.63, 3.8) is 0 Å². The number of rotatable bonds is 6. The van der Waals surface area contributed by atoms with E-state index >= 15 is 0 Å². The van der Waals surface area contributed by atoms with Gasteiger partial charge in [-0.2, -0.15) is 0 Å². The number of hydrogen-bond acceptors (Lipinski definition) is 5. The third kappa shape index (κ3) is 4.29. The molecule has 0 aliphatic heterocycles. The van der Waals surface area contributed by atoms with E-state index in [4.69, 9.17) is 14.3 Å². The van der Waals surface area contributed by atoms with Gasteiger partial charge in [0.25, 0.3) is 0 Å². The number of benzene rings is 1. The summed E-state index contributed by atoms with van der Waals surface area (Å²) in [6.45, 7) is 2.42. The highest BCUT2D eigenvalue weighted by Crippen LogP contribution is 2.20. The van der Waals surface area contributed by atoms with E-state index in [1.165, 1.54) is 19.8 Å². The molecule has 5 heteroatoms. The number of carbonyl (C=O) groups is 1. The van der Waals surface area contributed by atoms with Crippen LogP contribution in [-0.2, 0) is 25.7 Å². The number of esters is 1. The summed E-state index contributed by atoms with van der Waals surface area (Å²) < 4.78 is 10.8. The van der Waals surface area contributed by atoms with E-state index in [2.05, 4.69) is 11.2 Å². The largest absolute Gasteiger partial charge is 0.464 e. The Morgan fingerprint density at radius 3 is 2.78 bits per heavy atom. The van der Waals surface area contributed by atoms with Gasteiger partial charge in [0.15, 0.2) is 5.71 Å². The maximum Gasteiger partial charge on any atom is 0.360 e. The van der Waals surface area contributed by atoms with Crippen LogP contribution in [0.3, 0.4) is 0 Å². The minimum absolute atomic E-state index is 0.0500. The van der Waals surface area contributed by atoms with Crippen LogP contribution in [0.5, 0.6) is 0 Å². The molecule has 0 radical (unpaired) electrons. The zero-order valence-electron chi connectivity index (χ0n) is 13.6. The minimum atomic E-state index is -0.545. The molecule has 1 aliphatic rings. The molecule has 0 saturated heterocycles. The summed E-state index contributed by atoms with van der Waals surface area (Å²) in [4.78, 5) is 16.7. The van der Waals surface area contributed by atoms with Crippen LogP contribution >= 0.6 is 0 Å². The summed E-state index contributed by atoms with van der Waals surface area (Å²) >= 11 is 0. The van der Waals surface area contributed by atoms with E-state index in [0.717, 1.165) is 12.0 Å². The lowest BCUT2D eigenvalue weighted by Crippen LogP contribution is -2.21. The highest BCUT2D eigenvalue weighted by molar-refractivity contribution is 6.43. The maximum atomic E-state index is 11.9. The number of hydrogen-bond donors (Lipinski definition) is 0. The van der Waals surface area contributed by atoms with Crippen molar-refractivity contribution in [3.8, 4) is 0 Å². The van der Waals surface area contributed by atoms with Crippen molar-refractivity contribution in [3.05, 3.63) is 59.2 Å². The molecule has 1 aliphatic carbocycles. The Morgan fingerprint density at radius 1 is 1.30 bits per heavy atom. The second-order valence-corrected chi connectivity index (χ2v) is 5.15. The Hall–Kier alpha value is -2.40. The second-order valence-electron chi connectivity index (χ2n) is 5.15. The highest BCUT2D eigenvalue weighted by atomic mass is 16.6. The first-order valence-corrected chi connectivity index (χ1v) is 7.40. The summed E-state index contributed by atoms with van der Waals surface area (Å²) in [6.07, 6.45) is 7.06. The molecular weight excluding hydrogens is 294 g/mol. The minimum Gasteiger partial charge on any atom is -0.464 e. The van der Waals surface area contributed by atoms with E-state index in [0.29, 0.717) is 12.2 Å². The van der Waals surface area contributed by atoms with Gasteiger partial charge >= 0.3 is 5.97 Å². The molecule has 0 saturated carbocycles. The average Bonchev–Trinajstić information content (AvgIpc) is 2.59. The van der Waals surface area contributed by atoms with E-state index in [-0.39, 0.29) is 11.8 Å². The van der Waals surface area contributed by atoms with Gasteiger partial charge in [0.05, 0.1) is 19.8 Å². The third-order valence-corrected chi connectivity index (χ3v) is 3.63. The molecule has 1 aromatic rings. The van der Waals surface area contributed by atoms with Gasteiger partial charge in [-0.05, 0) is 24.5 Å². The zero-order valence-corrected chi connectivity index (χ0v) is 13.6. The SMILES string of the molecule is CO/N=C(\C(=O)OC)c1ccccc1COC1CC=CC=C1C. The lowest BCUT2D eigenvalue weighted by atomic mass is 10.0. The Labute approximate surface area is 136 Å². The Bertz CT molecular complexity index is 646. The van der Waals surface area contributed by atoms with Gasteiger partial charge < -0.3 is 14.3 Å². The summed E-state index contributed by atoms with van der Waals surface area (Å²) in [5.74, 6) is -0.545. The molecule has 1 aromatic carbocycles. The molecular formula is C18H21NO4. The zero-order chi connectivity index (χ0) is 16.7. The van der Waals surface area contributed by atoms with Crippen LogP contribution < -0.4 is 0 Å². The van der Waals surface area contributed by atoms with Crippen molar-refractivity contribution in [1.29, 1.82) is 0 Å². The first kappa shape index (κ1) is 17.0. The lowest BCUT2D eigenvalue weighted by Gasteiger charge is -2.20. The molecule has 0 N–H and O–H groups in total. The molecule has 0 aromatic heterocycles. The fourth-order valence-electron chi connectivity index (χ4n) is 2.37. The number of ether oxygens (including phenoxy) is 2. The molecule has 0 fully saturated rings. The predicted octanol–water partition coefficient (Wildman–Crippen LogP) is 3.00. The van der Waals surface area contributed by atoms with Gasteiger partial charge in [-0.3, -0.25) is 0 Å². The number of methoxy groups -OCH3 is 1. The number of nitrogens with zero attached hydrogens (tertiary/aromatic N) is 1. The summed E-state index contributed by atoms with van der Waals surface area (Å²) in [6, 6.07) is 7.44. The van der Waals surface area contributed by atoms with Gasteiger partial charge in [-0.15, -0.1) is 0 Å². The highest BCUT2D eigenvalue weighted by Gasteiger charge is 2.20. The van der Waals surface area contributed by atoms with Crippen molar-refractivity contribution in [2.75, 3.05) is 14.2 Å². The number of allylic oxidation sites excluding steroid dienone is 2. The van der Waals surface area contributed by atoms with Crippen molar-refractivity contribution in [2.24, 2.45) is 5.16 Å². The van der Waals surface area contributed by atoms with Crippen molar-refractivity contribution in [1.82, 2.24) is 0 Å². The fraction of sp³-hybridized carbons (Fsp3) is 0.333. The molecule has 1 atom stereocenters. The van der Waals surface area contributed by atoms with Crippen LogP contribution in [0.25, 0.3) is 0 Å². The van der Waals surface area contributed by atoms with Crippen molar-refractivity contribution in [2.45, 2.75) is 26.1 Å². The molecule has 0 spiro atoms. The van der Waals surface area contributed by atoms with Crippen LogP contribution in [0.15, 0.2) is 53.2 Å². The Kier molecular flexibility index (Phi) is 6.11. The smallest absolute Gasteiger partial charge is 0.360 e. The Morgan fingerprint density at radius 2 is 2.09 bits per heavy atom. The topological polar surface area (TPSA) is 57.1 Å². The van der Waals surface area contributed by atoms with Crippen LogP contribution in [0, 0.1) is 0 Å². The standard InChI is InChI=1S/C18H21NO4/c1-13-8-4-7-11-16(13)23-12-14-9-5-6-10-15(14)17(19-22-3)18(20)21-2/h4-10,16H,11-12H2,1-3H3/b19-17-. The van der Waals surface area contributed by atoms with Crippen molar-refractivity contribution >= 4 is 11.7 Å².